The molecule has 1 saturated heterocycles. The molecule has 0 amide bonds. The van der Waals surface area contributed by atoms with E-state index in [1.54, 1.807) is 0 Å². The number of nitrogens with two attached hydrogens (primary N) is 1. The molecule has 1 aliphatic heterocycles. The van der Waals surface area contributed by atoms with Crippen LogP contribution in [-0.4, -0.2) is 27.5 Å². The highest BCUT2D eigenvalue weighted by molar-refractivity contribution is 7.13. The number of rotatable bonds is 2. The maximum absolute atomic E-state index is 9.48. The number of benzene rings is 1. The molecule has 2 atom stereocenters. The number of hydrogen-bond donors (Lipinski definition) is 1. The summed E-state index contributed by atoms with van der Waals surface area (Å²) in [5.41, 5.74) is 8.34. The van der Waals surface area contributed by atoms with Crippen molar-refractivity contribution in [2.75, 3.05) is 18.8 Å². The van der Waals surface area contributed by atoms with E-state index in [1.165, 1.54) is 0 Å². The lowest BCUT2D eigenvalue weighted by atomic mass is 10.1. The van der Waals surface area contributed by atoms with Gasteiger partial charge in [0.2, 0.25) is 0 Å². The van der Waals surface area contributed by atoms with Gasteiger partial charge in [0.15, 0.2) is 0 Å². The maximum atomic E-state index is 9.48. The predicted octanol–water partition coefficient (Wildman–Crippen LogP) is 2.82. The van der Waals surface area contributed by atoms with Crippen molar-refractivity contribution in [2.24, 2.45) is 0 Å². The summed E-state index contributed by atoms with van der Waals surface area (Å²) in [6.45, 7) is 2.07. The van der Waals surface area contributed by atoms with Gasteiger partial charge in [-0.25, -0.2) is 4.68 Å². The molecule has 2 unspecified atom stereocenters. The SMILES string of the molecule is N#Cc1c(-c2ccccc2)nn(C2CCCN(P)CC2)c1N. The lowest BCUT2D eigenvalue weighted by molar-refractivity contribution is 0.410. The van der Waals surface area contributed by atoms with E-state index in [1.807, 2.05) is 35.0 Å². The van der Waals surface area contributed by atoms with Crippen LogP contribution in [0.1, 0.15) is 30.9 Å². The third-order valence-corrected chi connectivity index (χ3v) is 4.70. The van der Waals surface area contributed by atoms with Gasteiger partial charge in [0.1, 0.15) is 23.1 Å². The van der Waals surface area contributed by atoms with Crippen LogP contribution in [0.25, 0.3) is 11.3 Å². The van der Waals surface area contributed by atoms with Crippen molar-refractivity contribution in [3.63, 3.8) is 0 Å². The molecule has 114 valence electrons. The van der Waals surface area contributed by atoms with Crippen molar-refractivity contribution in [1.29, 1.82) is 5.26 Å². The second-order valence-electron chi connectivity index (χ2n) is 5.65. The molecule has 2 aromatic rings. The van der Waals surface area contributed by atoms with Crippen molar-refractivity contribution in [3.8, 4) is 17.3 Å². The Morgan fingerprint density at radius 3 is 2.73 bits per heavy atom. The minimum absolute atomic E-state index is 0.259. The van der Waals surface area contributed by atoms with Gasteiger partial charge >= 0.3 is 0 Å². The summed E-state index contributed by atoms with van der Waals surface area (Å²) in [7, 11) is 2.77. The van der Waals surface area contributed by atoms with Crippen LogP contribution in [-0.2, 0) is 0 Å². The molecule has 0 bridgehead atoms. The molecule has 3 rings (SSSR count). The molecule has 0 radical (unpaired) electrons. The first-order valence-corrected chi connectivity index (χ1v) is 8.05. The van der Waals surface area contributed by atoms with E-state index in [9.17, 15) is 5.26 Å². The Kier molecular flexibility index (Phi) is 4.42. The Morgan fingerprint density at radius 1 is 1.23 bits per heavy atom. The summed E-state index contributed by atoms with van der Waals surface area (Å²) in [6.07, 6.45) is 3.14. The van der Waals surface area contributed by atoms with Gasteiger partial charge in [-0.15, -0.1) is 0 Å². The number of nitrogens with zero attached hydrogens (tertiary/aromatic N) is 4. The number of nitriles is 1. The smallest absolute Gasteiger partial charge is 0.140 e. The molecular formula is C16H20N5P. The lowest BCUT2D eigenvalue weighted by Crippen LogP contribution is -2.16. The van der Waals surface area contributed by atoms with Crippen LogP contribution in [0.3, 0.4) is 0 Å². The largest absolute Gasteiger partial charge is 0.383 e. The van der Waals surface area contributed by atoms with Gasteiger partial charge in [0.05, 0.1) is 6.04 Å². The van der Waals surface area contributed by atoms with Crippen LogP contribution in [0.15, 0.2) is 30.3 Å². The standard InChI is InChI=1S/C16H20N5P/c17-11-14-15(12-5-2-1-3-6-12)19-21(16(14)18)13-7-4-9-20(22)10-8-13/h1-3,5-6,13H,4,7-10,18,22H2. The molecule has 0 spiro atoms. The fraction of sp³-hybridized carbons (Fsp3) is 0.375. The van der Waals surface area contributed by atoms with Crippen LogP contribution < -0.4 is 5.73 Å². The van der Waals surface area contributed by atoms with Crippen LogP contribution in [0.5, 0.6) is 0 Å². The van der Waals surface area contributed by atoms with E-state index in [-0.39, 0.29) is 6.04 Å². The fourth-order valence-corrected chi connectivity index (χ4v) is 3.31. The van der Waals surface area contributed by atoms with E-state index in [0.717, 1.165) is 37.9 Å². The molecule has 6 heteroatoms. The van der Waals surface area contributed by atoms with Crippen molar-refractivity contribution in [3.05, 3.63) is 35.9 Å². The Bertz CT molecular complexity index is 689. The fourth-order valence-electron chi connectivity index (χ4n) is 2.98. The Hall–Kier alpha value is -1.89. The third-order valence-electron chi connectivity index (χ3n) is 4.18. The van der Waals surface area contributed by atoms with E-state index in [4.69, 9.17) is 5.73 Å². The summed E-state index contributed by atoms with van der Waals surface area (Å²) in [6, 6.07) is 12.3. The van der Waals surface area contributed by atoms with Gasteiger partial charge in [-0.1, -0.05) is 39.7 Å². The van der Waals surface area contributed by atoms with Crippen LogP contribution >= 0.6 is 9.39 Å². The van der Waals surface area contributed by atoms with Gasteiger partial charge in [0, 0.05) is 18.7 Å². The quantitative estimate of drug-likeness (QED) is 0.866. The van der Waals surface area contributed by atoms with Gasteiger partial charge in [-0.3, -0.25) is 4.67 Å². The molecular weight excluding hydrogens is 293 g/mol. The molecule has 1 fully saturated rings. The first kappa shape index (κ1) is 15.0. The minimum Gasteiger partial charge on any atom is -0.383 e. The summed E-state index contributed by atoms with van der Waals surface area (Å²) < 4.78 is 4.12. The number of anilines is 1. The predicted molar refractivity (Wildman–Crippen MR) is 91.0 cm³/mol. The Balaban J connectivity index is 2.00. The zero-order chi connectivity index (χ0) is 15.5. The zero-order valence-corrected chi connectivity index (χ0v) is 13.6. The van der Waals surface area contributed by atoms with E-state index in [0.29, 0.717) is 17.1 Å². The normalized spacial score (nSPS) is 19.5. The highest BCUT2D eigenvalue weighted by atomic mass is 31.0. The number of nitrogen functional groups attached to an aromatic ring is 1. The molecule has 22 heavy (non-hydrogen) atoms. The second-order valence-corrected chi connectivity index (χ2v) is 6.38. The maximum Gasteiger partial charge on any atom is 0.140 e. The Labute approximate surface area is 133 Å². The van der Waals surface area contributed by atoms with E-state index < -0.39 is 0 Å². The molecule has 2 heterocycles. The van der Waals surface area contributed by atoms with Gasteiger partial charge in [0.25, 0.3) is 0 Å². The molecule has 0 saturated carbocycles. The van der Waals surface area contributed by atoms with Crippen LogP contribution in [0, 0.1) is 11.3 Å². The van der Waals surface area contributed by atoms with Crippen LogP contribution in [0.4, 0.5) is 5.82 Å². The first-order valence-electron chi connectivity index (χ1n) is 7.54. The molecule has 1 aromatic carbocycles. The topological polar surface area (TPSA) is 70.9 Å². The van der Waals surface area contributed by atoms with Gasteiger partial charge in [-0.2, -0.15) is 10.4 Å². The second kappa shape index (κ2) is 6.48. The highest BCUT2D eigenvalue weighted by Crippen LogP contribution is 2.32. The van der Waals surface area contributed by atoms with Gasteiger partial charge < -0.3 is 5.73 Å². The molecule has 5 nitrogen and oxygen atoms in total. The zero-order valence-electron chi connectivity index (χ0n) is 12.4. The van der Waals surface area contributed by atoms with Crippen molar-refractivity contribution < 1.29 is 0 Å². The number of hydrogen-bond acceptors (Lipinski definition) is 4. The van der Waals surface area contributed by atoms with Crippen molar-refractivity contribution >= 4 is 15.2 Å². The average Bonchev–Trinajstić information content (AvgIpc) is 2.72. The van der Waals surface area contributed by atoms with Crippen molar-refractivity contribution in [2.45, 2.75) is 25.3 Å². The lowest BCUT2D eigenvalue weighted by Gasteiger charge is -2.16. The summed E-state index contributed by atoms with van der Waals surface area (Å²) in [5.74, 6) is 0.489. The molecule has 1 aromatic heterocycles. The van der Waals surface area contributed by atoms with Crippen LogP contribution in [0.2, 0.25) is 0 Å². The number of aromatic nitrogens is 2. The molecule has 1 aliphatic rings. The van der Waals surface area contributed by atoms with Crippen molar-refractivity contribution in [1.82, 2.24) is 14.5 Å². The van der Waals surface area contributed by atoms with E-state index >= 15 is 0 Å². The molecule has 0 aliphatic carbocycles. The molecule has 2 N–H and O–H groups in total. The summed E-state index contributed by atoms with van der Waals surface area (Å²) in [5, 5.41) is 14.2. The third kappa shape index (κ3) is 2.85. The minimum atomic E-state index is 0.259. The monoisotopic (exact) mass is 313 g/mol. The van der Waals surface area contributed by atoms with E-state index in [2.05, 4.69) is 25.2 Å². The van der Waals surface area contributed by atoms with Gasteiger partial charge in [-0.05, 0) is 19.3 Å². The highest BCUT2D eigenvalue weighted by Gasteiger charge is 2.24. The Morgan fingerprint density at radius 2 is 2.00 bits per heavy atom. The summed E-state index contributed by atoms with van der Waals surface area (Å²) in [4.78, 5) is 0. The summed E-state index contributed by atoms with van der Waals surface area (Å²) >= 11 is 0. The first-order chi connectivity index (χ1) is 10.7. The average molecular weight is 313 g/mol.